The van der Waals surface area contributed by atoms with Crippen LogP contribution in [0.1, 0.15) is 35.8 Å². The number of hydrogen-bond donors (Lipinski definition) is 1. The topological polar surface area (TPSA) is 49.4 Å². The van der Waals surface area contributed by atoms with E-state index in [0.29, 0.717) is 23.5 Å². The largest absolute Gasteiger partial charge is 0.326 e. The van der Waals surface area contributed by atoms with Crippen LogP contribution in [0.5, 0.6) is 0 Å². The van der Waals surface area contributed by atoms with E-state index >= 15 is 0 Å². The van der Waals surface area contributed by atoms with Gasteiger partial charge in [0.25, 0.3) is 0 Å². The Hall–Kier alpha value is -3.12. The molecule has 0 radical (unpaired) electrons. The van der Waals surface area contributed by atoms with Crippen molar-refractivity contribution in [1.82, 2.24) is 0 Å². The van der Waals surface area contributed by atoms with E-state index in [1.54, 1.807) is 17.0 Å². The van der Waals surface area contributed by atoms with Crippen molar-refractivity contribution in [2.24, 2.45) is 0 Å². The maximum Gasteiger partial charge on any atom is 0.238 e. The molecule has 1 aliphatic heterocycles. The van der Waals surface area contributed by atoms with Crippen LogP contribution in [-0.4, -0.2) is 17.6 Å². The molecule has 0 unspecified atom stereocenters. The monoisotopic (exact) mass is 434 g/mol. The lowest BCUT2D eigenvalue weighted by atomic mass is 9.95. The molecule has 4 rings (SSSR count). The van der Waals surface area contributed by atoms with Crippen molar-refractivity contribution in [1.29, 1.82) is 0 Å². The molecule has 0 spiro atoms. The van der Waals surface area contributed by atoms with Gasteiger partial charge >= 0.3 is 0 Å². The van der Waals surface area contributed by atoms with Gasteiger partial charge in [-0.3, -0.25) is 14.5 Å². The second kappa shape index (κ2) is 9.35. The quantitative estimate of drug-likeness (QED) is 0.538. The molecule has 6 heteroatoms. The fourth-order valence-corrected chi connectivity index (χ4v) is 5.00. The van der Waals surface area contributed by atoms with Gasteiger partial charge < -0.3 is 5.32 Å². The third-order valence-corrected chi connectivity index (χ3v) is 6.53. The van der Waals surface area contributed by atoms with Crippen LogP contribution in [0.15, 0.2) is 78.9 Å². The number of anilines is 2. The van der Waals surface area contributed by atoms with Gasteiger partial charge in [-0.15, -0.1) is 11.8 Å². The molecule has 2 atom stereocenters. The lowest BCUT2D eigenvalue weighted by Gasteiger charge is -2.25. The Morgan fingerprint density at radius 2 is 1.87 bits per heavy atom. The summed E-state index contributed by atoms with van der Waals surface area (Å²) in [6, 6.07) is 23.3. The van der Waals surface area contributed by atoms with E-state index in [4.69, 9.17) is 0 Å². The molecule has 2 amide bonds. The van der Waals surface area contributed by atoms with Crippen LogP contribution in [0.3, 0.4) is 0 Å². The molecule has 0 aromatic heterocycles. The van der Waals surface area contributed by atoms with Crippen LogP contribution in [0.25, 0.3) is 0 Å². The van der Waals surface area contributed by atoms with Gasteiger partial charge in [0.05, 0.1) is 11.7 Å². The Morgan fingerprint density at radius 1 is 1.10 bits per heavy atom. The van der Waals surface area contributed by atoms with Gasteiger partial charge in [0, 0.05) is 11.4 Å². The zero-order valence-corrected chi connectivity index (χ0v) is 17.9. The number of carbonyl (C=O) groups is 2. The first-order valence-electron chi connectivity index (χ1n) is 10.2. The molecule has 1 saturated heterocycles. The highest BCUT2D eigenvalue weighted by Crippen LogP contribution is 2.42. The normalized spacial score (nSPS) is 16.9. The second-order valence-electron chi connectivity index (χ2n) is 7.39. The van der Waals surface area contributed by atoms with Crippen molar-refractivity contribution in [3.8, 4) is 0 Å². The van der Waals surface area contributed by atoms with E-state index in [1.807, 2.05) is 61.5 Å². The minimum atomic E-state index is -0.381. The van der Waals surface area contributed by atoms with E-state index in [9.17, 15) is 14.0 Å². The zero-order chi connectivity index (χ0) is 21.8. The van der Waals surface area contributed by atoms with Crippen LogP contribution in [-0.2, 0) is 9.59 Å². The highest BCUT2D eigenvalue weighted by molar-refractivity contribution is 8.00. The average molecular weight is 435 g/mol. The molecule has 31 heavy (non-hydrogen) atoms. The summed E-state index contributed by atoms with van der Waals surface area (Å²) in [6.45, 7) is 1.99. The summed E-state index contributed by atoms with van der Waals surface area (Å²) in [5.41, 5.74) is 3.07. The third-order valence-electron chi connectivity index (χ3n) is 5.32. The first kappa shape index (κ1) is 21.1. The summed E-state index contributed by atoms with van der Waals surface area (Å²) >= 11 is 1.49. The zero-order valence-electron chi connectivity index (χ0n) is 17.1. The van der Waals surface area contributed by atoms with Gasteiger partial charge in [-0.1, -0.05) is 55.5 Å². The SMILES string of the molecule is CC[C@H](C(=O)Nc1cccc([C@@H]2SCC(=O)N2c2cccc(F)c2)c1)c1ccccc1. The lowest BCUT2D eigenvalue weighted by molar-refractivity contribution is -0.118. The summed E-state index contributed by atoms with van der Waals surface area (Å²) in [4.78, 5) is 27.1. The summed E-state index contributed by atoms with van der Waals surface area (Å²) in [6.07, 6.45) is 0.690. The molecular formula is C25H23FN2O2S. The number of thioether (sulfide) groups is 1. The molecule has 3 aromatic carbocycles. The molecule has 3 aromatic rings. The van der Waals surface area contributed by atoms with E-state index in [0.717, 1.165) is 11.1 Å². The van der Waals surface area contributed by atoms with Gasteiger partial charge in [0.15, 0.2) is 0 Å². The molecule has 0 bridgehead atoms. The number of hydrogen-bond acceptors (Lipinski definition) is 3. The van der Waals surface area contributed by atoms with Crippen molar-refractivity contribution in [3.63, 3.8) is 0 Å². The maximum atomic E-state index is 13.7. The average Bonchev–Trinajstić information content (AvgIpc) is 3.16. The lowest BCUT2D eigenvalue weighted by Crippen LogP contribution is -2.28. The van der Waals surface area contributed by atoms with Gasteiger partial charge in [-0.2, -0.15) is 0 Å². The summed E-state index contributed by atoms with van der Waals surface area (Å²) in [7, 11) is 0. The van der Waals surface area contributed by atoms with Crippen LogP contribution >= 0.6 is 11.8 Å². The molecule has 158 valence electrons. The first-order chi connectivity index (χ1) is 15.1. The summed E-state index contributed by atoms with van der Waals surface area (Å²) in [5.74, 6) is -0.429. The Morgan fingerprint density at radius 3 is 2.61 bits per heavy atom. The van der Waals surface area contributed by atoms with Gasteiger partial charge in [-0.05, 0) is 47.9 Å². The maximum absolute atomic E-state index is 13.7. The minimum Gasteiger partial charge on any atom is -0.326 e. The number of rotatable bonds is 6. The number of halogens is 1. The summed E-state index contributed by atoms with van der Waals surface area (Å²) in [5, 5.41) is 2.74. The molecule has 1 N–H and O–H groups in total. The highest BCUT2D eigenvalue weighted by atomic mass is 32.2. The Balaban J connectivity index is 1.56. The number of benzene rings is 3. The third kappa shape index (κ3) is 4.64. The van der Waals surface area contributed by atoms with Crippen molar-refractivity contribution < 1.29 is 14.0 Å². The molecule has 1 aliphatic rings. The minimum absolute atomic E-state index is 0.0647. The standard InChI is InChI=1S/C25H23FN2O2S/c1-2-22(17-8-4-3-5-9-17)24(30)27-20-12-6-10-18(14-20)25-28(23(29)16-31-25)21-13-7-11-19(26)15-21/h3-15,22,25H,2,16H2,1H3,(H,27,30)/t22-,25-/m0/s1. The van der Waals surface area contributed by atoms with Crippen LogP contribution in [0.2, 0.25) is 0 Å². The number of carbonyl (C=O) groups excluding carboxylic acids is 2. The predicted molar refractivity (Wildman–Crippen MR) is 124 cm³/mol. The van der Waals surface area contributed by atoms with Crippen molar-refractivity contribution >= 4 is 35.0 Å². The number of amides is 2. The van der Waals surface area contributed by atoms with E-state index < -0.39 is 0 Å². The Bertz CT molecular complexity index is 1090. The molecule has 0 aliphatic carbocycles. The summed E-state index contributed by atoms with van der Waals surface area (Å²) < 4.78 is 13.7. The molecule has 1 heterocycles. The van der Waals surface area contributed by atoms with E-state index in [-0.39, 0.29) is 28.9 Å². The number of nitrogens with zero attached hydrogens (tertiary/aromatic N) is 1. The van der Waals surface area contributed by atoms with Gasteiger partial charge in [0.2, 0.25) is 11.8 Å². The first-order valence-corrected chi connectivity index (χ1v) is 11.3. The predicted octanol–water partition coefficient (Wildman–Crippen LogP) is 5.74. The molecule has 1 fully saturated rings. The fourth-order valence-electron chi connectivity index (χ4n) is 3.83. The highest BCUT2D eigenvalue weighted by Gasteiger charge is 2.34. The van der Waals surface area contributed by atoms with Gasteiger partial charge in [-0.25, -0.2) is 4.39 Å². The molecule has 4 nitrogen and oxygen atoms in total. The molecule has 0 saturated carbocycles. The van der Waals surface area contributed by atoms with Gasteiger partial charge in [0.1, 0.15) is 11.2 Å². The Kier molecular flexibility index (Phi) is 6.37. The second-order valence-corrected chi connectivity index (χ2v) is 8.46. The molecular weight excluding hydrogens is 411 g/mol. The van der Waals surface area contributed by atoms with Crippen molar-refractivity contribution in [3.05, 3.63) is 95.8 Å². The smallest absolute Gasteiger partial charge is 0.238 e. The van der Waals surface area contributed by atoms with Crippen LogP contribution in [0, 0.1) is 5.82 Å². The fraction of sp³-hybridized carbons (Fsp3) is 0.200. The van der Waals surface area contributed by atoms with Crippen molar-refractivity contribution in [2.75, 3.05) is 16.0 Å². The van der Waals surface area contributed by atoms with Crippen LogP contribution in [0.4, 0.5) is 15.8 Å². The van der Waals surface area contributed by atoms with Crippen LogP contribution < -0.4 is 10.2 Å². The Labute approximate surface area is 185 Å². The van der Waals surface area contributed by atoms with Crippen molar-refractivity contribution in [2.45, 2.75) is 24.6 Å². The van der Waals surface area contributed by atoms with E-state index in [1.165, 1.54) is 23.9 Å². The number of nitrogens with one attached hydrogen (secondary N) is 1. The van der Waals surface area contributed by atoms with E-state index in [2.05, 4.69) is 5.32 Å².